The summed E-state index contributed by atoms with van der Waals surface area (Å²) in [6, 6.07) is -1.20. The van der Waals surface area contributed by atoms with Crippen LogP contribution in [0.25, 0.3) is 0 Å². The van der Waals surface area contributed by atoms with Crippen molar-refractivity contribution in [3.63, 3.8) is 0 Å². The molecule has 11 heteroatoms. The molecular weight excluding hydrogens is 666 g/mol. The molecule has 0 bridgehead atoms. The van der Waals surface area contributed by atoms with E-state index in [1.54, 1.807) is 0 Å². The predicted octanol–water partition coefficient (Wildman–Crippen LogP) is 5.05. The van der Waals surface area contributed by atoms with Crippen LogP contribution in [0.2, 0.25) is 0 Å². The highest BCUT2D eigenvalue weighted by atomic mass is 16.7. The first kappa shape index (κ1) is 48.1. The van der Waals surface area contributed by atoms with Gasteiger partial charge >= 0.3 is 0 Å². The Bertz CT molecular complexity index is 987. The number of unbranched alkanes of at least 4 members (excludes halogenated alkanes) is 11. The molecule has 0 aromatic heterocycles. The molecule has 9 atom stereocenters. The zero-order valence-corrected chi connectivity index (χ0v) is 32.0. The lowest BCUT2D eigenvalue weighted by atomic mass is 9.98. The van der Waals surface area contributed by atoms with Gasteiger partial charge < -0.3 is 50.5 Å². The molecule has 1 rings (SSSR count). The van der Waals surface area contributed by atoms with E-state index in [1.807, 2.05) is 6.08 Å². The van der Waals surface area contributed by atoms with Gasteiger partial charge in [-0.3, -0.25) is 4.79 Å². The Morgan fingerprint density at radius 2 is 1.17 bits per heavy atom. The largest absolute Gasteiger partial charge is 0.394 e. The number of nitrogens with one attached hydrogen (secondary N) is 1. The molecule has 52 heavy (non-hydrogen) atoms. The molecular formula is C41H73NO10. The SMILES string of the molecule is CCCC/C=C\CCCCCC(O)C(=O)NC(COC1OC(CO)C(O)C(O)C1O)C(O)C(O)CCC/C=C/CC/C=C/CC/C=C/CCCCC. The van der Waals surface area contributed by atoms with E-state index in [4.69, 9.17) is 9.47 Å². The summed E-state index contributed by atoms with van der Waals surface area (Å²) in [5.74, 6) is -0.732. The summed E-state index contributed by atoms with van der Waals surface area (Å²) < 4.78 is 11.0. The Hall–Kier alpha value is -1.93. The van der Waals surface area contributed by atoms with Crippen LogP contribution in [0.15, 0.2) is 48.6 Å². The van der Waals surface area contributed by atoms with E-state index in [1.165, 1.54) is 25.7 Å². The van der Waals surface area contributed by atoms with Crippen molar-refractivity contribution in [2.75, 3.05) is 13.2 Å². The average molecular weight is 740 g/mol. The summed E-state index contributed by atoms with van der Waals surface area (Å²) >= 11 is 0. The lowest BCUT2D eigenvalue weighted by molar-refractivity contribution is -0.303. The van der Waals surface area contributed by atoms with Gasteiger partial charge in [0.15, 0.2) is 6.29 Å². The summed E-state index contributed by atoms with van der Waals surface area (Å²) in [7, 11) is 0. The maximum atomic E-state index is 12.9. The number of carbonyl (C=O) groups is 1. The van der Waals surface area contributed by atoms with E-state index in [2.05, 4.69) is 61.7 Å². The minimum absolute atomic E-state index is 0.225. The Balaban J connectivity index is 2.59. The van der Waals surface area contributed by atoms with Crippen LogP contribution in [0.3, 0.4) is 0 Å². The highest BCUT2D eigenvalue weighted by Crippen LogP contribution is 2.23. The normalized spacial score (nSPS) is 23.6. The number of aliphatic hydroxyl groups excluding tert-OH is 7. The van der Waals surface area contributed by atoms with E-state index in [0.717, 1.165) is 64.2 Å². The van der Waals surface area contributed by atoms with Crippen molar-refractivity contribution in [3.05, 3.63) is 48.6 Å². The van der Waals surface area contributed by atoms with Crippen LogP contribution in [0.5, 0.6) is 0 Å². The van der Waals surface area contributed by atoms with E-state index in [0.29, 0.717) is 19.3 Å². The number of hydrogen-bond acceptors (Lipinski definition) is 10. The van der Waals surface area contributed by atoms with Crippen LogP contribution >= 0.6 is 0 Å². The van der Waals surface area contributed by atoms with Crippen molar-refractivity contribution in [3.8, 4) is 0 Å². The van der Waals surface area contributed by atoms with E-state index >= 15 is 0 Å². The zero-order valence-electron chi connectivity index (χ0n) is 32.0. The Labute approximate surface area is 313 Å². The van der Waals surface area contributed by atoms with Crippen molar-refractivity contribution in [2.45, 2.75) is 191 Å². The molecule has 1 saturated heterocycles. The van der Waals surface area contributed by atoms with Crippen LogP contribution in [-0.2, 0) is 14.3 Å². The van der Waals surface area contributed by atoms with Crippen molar-refractivity contribution in [1.29, 1.82) is 0 Å². The lowest BCUT2D eigenvalue weighted by Crippen LogP contribution is -2.60. The number of rotatable bonds is 31. The number of hydrogen-bond donors (Lipinski definition) is 8. The Morgan fingerprint density at radius 3 is 1.73 bits per heavy atom. The molecule has 1 fully saturated rings. The van der Waals surface area contributed by atoms with Gasteiger partial charge in [-0.25, -0.2) is 0 Å². The van der Waals surface area contributed by atoms with Crippen LogP contribution < -0.4 is 5.32 Å². The molecule has 0 aromatic carbocycles. The molecule has 9 unspecified atom stereocenters. The highest BCUT2D eigenvalue weighted by molar-refractivity contribution is 5.80. The summed E-state index contributed by atoms with van der Waals surface area (Å²) in [6.07, 6.45) is 23.2. The number of amides is 1. The second kappa shape index (κ2) is 31.4. The topological polar surface area (TPSA) is 189 Å². The number of ether oxygens (including phenoxy) is 2. The number of carbonyl (C=O) groups excluding carboxylic acids is 1. The van der Waals surface area contributed by atoms with E-state index < -0.39 is 74.2 Å². The monoisotopic (exact) mass is 740 g/mol. The van der Waals surface area contributed by atoms with Gasteiger partial charge in [0.25, 0.3) is 0 Å². The standard InChI is InChI=1S/C41H73NO10/c1-3-5-7-9-11-13-14-15-16-17-18-19-21-22-24-26-28-33(44)36(46)32(31-51-41-39(49)38(48)37(47)35(30-43)52-41)42-40(50)34(45)29-27-25-23-20-12-10-8-6-4-2/h10-13,16-17,21-22,32-39,41,43-49H,3-9,14-15,18-20,23-31H2,1-2H3,(H,42,50)/b12-10-,13-11+,17-16+,22-21+. The molecule has 1 aliphatic rings. The highest BCUT2D eigenvalue weighted by Gasteiger charge is 2.44. The third kappa shape index (κ3) is 21.7. The van der Waals surface area contributed by atoms with Gasteiger partial charge in [-0.2, -0.15) is 0 Å². The number of allylic oxidation sites excluding steroid dienone is 8. The van der Waals surface area contributed by atoms with Crippen LogP contribution in [0, 0.1) is 0 Å². The molecule has 1 aliphatic heterocycles. The predicted molar refractivity (Wildman–Crippen MR) is 205 cm³/mol. The second-order valence-electron chi connectivity index (χ2n) is 14.0. The van der Waals surface area contributed by atoms with Gasteiger partial charge in [-0.15, -0.1) is 0 Å². The molecule has 0 aliphatic carbocycles. The van der Waals surface area contributed by atoms with Crippen LogP contribution in [-0.4, -0.2) is 110 Å². The van der Waals surface area contributed by atoms with Gasteiger partial charge in [-0.05, 0) is 83.5 Å². The third-order valence-electron chi connectivity index (χ3n) is 9.31. The molecule has 1 heterocycles. The molecule has 0 saturated carbocycles. The first-order valence-electron chi connectivity index (χ1n) is 20.0. The summed E-state index contributed by atoms with van der Waals surface area (Å²) in [4.78, 5) is 12.9. The Kier molecular flexibility index (Phi) is 29.1. The molecule has 11 nitrogen and oxygen atoms in total. The summed E-state index contributed by atoms with van der Waals surface area (Å²) in [5.41, 5.74) is 0. The van der Waals surface area contributed by atoms with Crippen molar-refractivity contribution < 1.29 is 50.0 Å². The molecule has 0 radical (unpaired) electrons. The minimum atomic E-state index is -1.67. The van der Waals surface area contributed by atoms with Gasteiger partial charge in [0, 0.05) is 0 Å². The van der Waals surface area contributed by atoms with Crippen molar-refractivity contribution >= 4 is 5.91 Å². The van der Waals surface area contributed by atoms with Gasteiger partial charge in [0.2, 0.25) is 5.91 Å². The maximum Gasteiger partial charge on any atom is 0.249 e. The van der Waals surface area contributed by atoms with Crippen LogP contribution in [0.1, 0.15) is 136 Å². The van der Waals surface area contributed by atoms with E-state index in [9.17, 15) is 40.5 Å². The second-order valence-corrected chi connectivity index (χ2v) is 14.0. The van der Waals surface area contributed by atoms with Gasteiger partial charge in [0.05, 0.1) is 25.4 Å². The third-order valence-corrected chi connectivity index (χ3v) is 9.31. The fourth-order valence-electron chi connectivity index (χ4n) is 5.86. The molecule has 0 spiro atoms. The van der Waals surface area contributed by atoms with Crippen molar-refractivity contribution in [2.24, 2.45) is 0 Å². The van der Waals surface area contributed by atoms with Gasteiger partial charge in [0.1, 0.15) is 36.6 Å². The fraction of sp³-hybridized carbons (Fsp3) is 0.780. The van der Waals surface area contributed by atoms with Crippen LogP contribution in [0.4, 0.5) is 0 Å². The smallest absolute Gasteiger partial charge is 0.249 e. The van der Waals surface area contributed by atoms with E-state index in [-0.39, 0.29) is 12.8 Å². The van der Waals surface area contributed by atoms with Gasteiger partial charge in [-0.1, -0.05) is 101 Å². The van der Waals surface area contributed by atoms with Crippen molar-refractivity contribution in [1.82, 2.24) is 5.32 Å². The molecule has 1 amide bonds. The zero-order chi connectivity index (χ0) is 38.4. The lowest BCUT2D eigenvalue weighted by Gasteiger charge is -2.40. The summed E-state index contributed by atoms with van der Waals surface area (Å²) in [6.45, 7) is 3.28. The summed E-state index contributed by atoms with van der Waals surface area (Å²) in [5, 5.41) is 75.1. The molecule has 8 N–H and O–H groups in total. The molecule has 0 aromatic rings. The minimum Gasteiger partial charge on any atom is -0.394 e. The average Bonchev–Trinajstić information content (AvgIpc) is 3.14. The first-order valence-corrected chi connectivity index (χ1v) is 20.0. The molecule has 302 valence electrons. The quantitative estimate of drug-likeness (QED) is 0.0353. The number of aliphatic hydroxyl groups is 7. The Morgan fingerprint density at radius 1 is 0.654 bits per heavy atom. The maximum absolute atomic E-state index is 12.9. The fourth-order valence-corrected chi connectivity index (χ4v) is 5.86. The first-order chi connectivity index (χ1) is 25.2.